The second kappa shape index (κ2) is 4.72. The van der Waals surface area contributed by atoms with Gasteiger partial charge in [-0.25, -0.2) is 4.39 Å². The Bertz CT molecular complexity index is 504. The minimum atomic E-state index is -4.85. The molecule has 0 amide bonds. The molecule has 0 heterocycles. The SMILES string of the molecule is N#Cc1c(F)ccc(C(F)(F)F)c1C(=O)CCl. The number of ketones is 1. The molecule has 17 heavy (non-hydrogen) atoms. The molecule has 0 radical (unpaired) electrons. The molecule has 90 valence electrons. The summed E-state index contributed by atoms with van der Waals surface area (Å²) in [6.45, 7) is 0. The molecular weight excluding hydrogens is 262 g/mol. The van der Waals surface area contributed by atoms with Crippen LogP contribution < -0.4 is 0 Å². The lowest BCUT2D eigenvalue weighted by molar-refractivity contribution is -0.137. The van der Waals surface area contributed by atoms with E-state index >= 15 is 0 Å². The van der Waals surface area contributed by atoms with E-state index in [4.69, 9.17) is 16.9 Å². The molecule has 1 rings (SSSR count). The molecule has 0 aliphatic carbocycles. The Kier molecular flexibility index (Phi) is 3.73. The van der Waals surface area contributed by atoms with Crippen LogP contribution in [-0.4, -0.2) is 11.7 Å². The number of nitriles is 1. The van der Waals surface area contributed by atoms with Crippen LogP contribution in [0.25, 0.3) is 0 Å². The van der Waals surface area contributed by atoms with E-state index in [1.807, 2.05) is 0 Å². The Hall–Kier alpha value is -1.61. The summed E-state index contributed by atoms with van der Waals surface area (Å²) in [6, 6.07) is 2.14. The number of Topliss-reactive ketones (excluding diaryl/α,β-unsaturated/α-hetero) is 1. The zero-order valence-electron chi connectivity index (χ0n) is 8.11. The zero-order valence-corrected chi connectivity index (χ0v) is 8.86. The lowest BCUT2D eigenvalue weighted by Gasteiger charge is -2.12. The molecule has 0 saturated heterocycles. The van der Waals surface area contributed by atoms with Crippen molar-refractivity contribution in [3.63, 3.8) is 0 Å². The van der Waals surface area contributed by atoms with Crippen LogP contribution in [0.2, 0.25) is 0 Å². The van der Waals surface area contributed by atoms with Crippen LogP contribution in [0, 0.1) is 17.1 Å². The molecule has 0 aliphatic heterocycles. The van der Waals surface area contributed by atoms with Crippen molar-refractivity contribution in [2.24, 2.45) is 0 Å². The third-order valence-electron chi connectivity index (χ3n) is 1.97. The Labute approximate surface area is 98.4 Å². The Morgan fingerprint density at radius 3 is 2.41 bits per heavy atom. The molecule has 7 heteroatoms. The van der Waals surface area contributed by atoms with E-state index in [1.165, 1.54) is 6.07 Å². The number of carbonyl (C=O) groups excluding carboxylic acids is 1. The maximum atomic E-state index is 13.1. The van der Waals surface area contributed by atoms with Crippen LogP contribution >= 0.6 is 11.6 Å². The number of hydrogen-bond donors (Lipinski definition) is 0. The highest BCUT2D eigenvalue weighted by Crippen LogP contribution is 2.34. The maximum Gasteiger partial charge on any atom is 0.417 e. The van der Waals surface area contributed by atoms with Gasteiger partial charge < -0.3 is 0 Å². The fourth-order valence-corrected chi connectivity index (χ4v) is 1.41. The number of rotatable bonds is 2. The van der Waals surface area contributed by atoms with Crippen LogP contribution in [0.5, 0.6) is 0 Å². The fourth-order valence-electron chi connectivity index (χ4n) is 1.28. The Balaban J connectivity index is 3.65. The van der Waals surface area contributed by atoms with Crippen LogP contribution in [0.4, 0.5) is 17.6 Å². The fraction of sp³-hybridized carbons (Fsp3) is 0.200. The lowest BCUT2D eigenvalue weighted by Crippen LogP contribution is -2.16. The van der Waals surface area contributed by atoms with Gasteiger partial charge in [-0.05, 0) is 12.1 Å². The van der Waals surface area contributed by atoms with Gasteiger partial charge in [0, 0.05) is 0 Å². The van der Waals surface area contributed by atoms with Gasteiger partial charge in [0.2, 0.25) is 0 Å². The average Bonchev–Trinajstić information content (AvgIpc) is 2.25. The van der Waals surface area contributed by atoms with Crippen molar-refractivity contribution < 1.29 is 22.4 Å². The van der Waals surface area contributed by atoms with E-state index in [1.54, 1.807) is 0 Å². The number of carbonyl (C=O) groups is 1. The van der Waals surface area contributed by atoms with Gasteiger partial charge in [0.15, 0.2) is 5.78 Å². The van der Waals surface area contributed by atoms with E-state index in [2.05, 4.69) is 0 Å². The molecule has 0 N–H and O–H groups in total. The van der Waals surface area contributed by atoms with Gasteiger partial charge in [-0.2, -0.15) is 18.4 Å². The molecule has 2 nitrogen and oxygen atoms in total. The number of halogens is 5. The summed E-state index contributed by atoms with van der Waals surface area (Å²) in [5, 5.41) is 8.58. The molecule has 0 atom stereocenters. The van der Waals surface area contributed by atoms with Gasteiger partial charge in [0.1, 0.15) is 11.9 Å². The monoisotopic (exact) mass is 265 g/mol. The van der Waals surface area contributed by atoms with E-state index in [-0.39, 0.29) is 0 Å². The van der Waals surface area contributed by atoms with Crippen molar-refractivity contribution in [1.82, 2.24) is 0 Å². The average molecular weight is 266 g/mol. The number of benzene rings is 1. The van der Waals surface area contributed by atoms with Gasteiger partial charge in [0.25, 0.3) is 0 Å². The molecule has 0 bridgehead atoms. The largest absolute Gasteiger partial charge is 0.417 e. The van der Waals surface area contributed by atoms with Crippen molar-refractivity contribution in [2.75, 3.05) is 5.88 Å². The van der Waals surface area contributed by atoms with Crippen LogP contribution in [0.3, 0.4) is 0 Å². The number of hydrogen-bond acceptors (Lipinski definition) is 2. The Morgan fingerprint density at radius 1 is 1.41 bits per heavy atom. The number of nitrogens with zero attached hydrogens (tertiary/aromatic N) is 1. The van der Waals surface area contributed by atoms with E-state index in [0.717, 1.165) is 0 Å². The van der Waals surface area contributed by atoms with E-state index in [0.29, 0.717) is 12.1 Å². The minimum Gasteiger partial charge on any atom is -0.293 e. The Morgan fingerprint density at radius 2 is 2.00 bits per heavy atom. The lowest BCUT2D eigenvalue weighted by atomic mass is 9.97. The molecule has 1 aromatic rings. The zero-order chi connectivity index (χ0) is 13.2. The smallest absolute Gasteiger partial charge is 0.293 e. The summed E-state index contributed by atoms with van der Waals surface area (Å²) in [6.07, 6.45) is -4.85. The topological polar surface area (TPSA) is 40.9 Å². The molecule has 0 spiro atoms. The molecule has 0 aliphatic rings. The van der Waals surface area contributed by atoms with Gasteiger partial charge >= 0.3 is 6.18 Å². The third-order valence-corrected chi connectivity index (χ3v) is 2.21. The first-order chi connectivity index (χ1) is 7.82. The van der Waals surface area contributed by atoms with Gasteiger partial charge in [-0.1, -0.05) is 0 Å². The van der Waals surface area contributed by atoms with Gasteiger partial charge in [0.05, 0.1) is 22.6 Å². The van der Waals surface area contributed by atoms with Gasteiger partial charge in [-0.3, -0.25) is 4.79 Å². The van der Waals surface area contributed by atoms with Crippen molar-refractivity contribution in [2.45, 2.75) is 6.18 Å². The second-order valence-corrected chi connectivity index (χ2v) is 3.28. The van der Waals surface area contributed by atoms with Crippen LogP contribution in [0.1, 0.15) is 21.5 Å². The van der Waals surface area contributed by atoms with Crippen molar-refractivity contribution in [3.05, 3.63) is 34.6 Å². The summed E-state index contributed by atoms with van der Waals surface area (Å²) in [7, 11) is 0. The predicted molar refractivity (Wildman–Crippen MR) is 51.2 cm³/mol. The standard InChI is InChI=1S/C10H4ClF4NO/c11-3-8(17)9-5(4-16)7(12)2-1-6(9)10(13,14)15/h1-2H,3H2. The van der Waals surface area contributed by atoms with Gasteiger partial charge in [-0.15, -0.1) is 11.6 Å². The minimum absolute atomic E-state index is 0.413. The molecule has 0 aromatic heterocycles. The van der Waals surface area contributed by atoms with E-state index in [9.17, 15) is 22.4 Å². The highest BCUT2D eigenvalue weighted by Gasteiger charge is 2.37. The highest BCUT2D eigenvalue weighted by atomic mass is 35.5. The van der Waals surface area contributed by atoms with Crippen molar-refractivity contribution in [3.8, 4) is 6.07 Å². The molecule has 0 fully saturated rings. The summed E-state index contributed by atoms with van der Waals surface area (Å²) < 4.78 is 50.8. The molecular formula is C10H4ClF4NO. The summed E-state index contributed by atoms with van der Waals surface area (Å²) >= 11 is 5.14. The first-order valence-electron chi connectivity index (χ1n) is 4.22. The van der Waals surface area contributed by atoms with Crippen LogP contribution in [-0.2, 0) is 6.18 Å². The highest BCUT2D eigenvalue weighted by molar-refractivity contribution is 6.31. The summed E-state index contributed by atoms with van der Waals surface area (Å²) in [4.78, 5) is 11.3. The predicted octanol–water partition coefficient (Wildman–Crippen LogP) is 3.14. The van der Waals surface area contributed by atoms with E-state index < -0.39 is 40.3 Å². The second-order valence-electron chi connectivity index (χ2n) is 3.01. The van der Waals surface area contributed by atoms with Crippen molar-refractivity contribution in [1.29, 1.82) is 5.26 Å². The quantitative estimate of drug-likeness (QED) is 0.468. The summed E-state index contributed by atoms with van der Waals surface area (Å²) in [5.41, 5.74) is -3.32. The summed E-state index contributed by atoms with van der Waals surface area (Å²) in [5.74, 6) is -3.09. The maximum absolute atomic E-state index is 13.1. The van der Waals surface area contributed by atoms with Crippen LogP contribution in [0.15, 0.2) is 12.1 Å². The first-order valence-corrected chi connectivity index (χ1v) is 4.75. The third kappa shape index (κ3) is 2.56. The normalized spacial score (nSPS) is 11.1. The number of alkyl halides is 4. The molecule has 0 saturated carbocycles. The van der Waals surface area contributed by atoms with Crippen molar-refractivity contribution >= 4 is 17.4 Å². The first kappa shape index (κ1) is 13.5. The molecule has 0 unspecified atom stereocenters. The molecule has 1 aromatic carbocycles.